The summed E-state index contributed by atoms with van der Waals surface area (Å²) in [6.07, 6.45) is 0.141. The van der Waals surface area contributed by atoms with E-state index < -0.39 is 0 Å². The molecule has 0 radical (unpaired) electrons. The van der Waals surface area contributed by atoms with E-state index in [2.05, 4.69) is 25.9 Å². The molecule has 0 spiro atoms. The summed E-state index contributed by atoms with van der Waals surface area (Å²) >= 11 is 3.44. The molecule has 0 aliphatic heterocycles. The maximum Gasteiger partial charge on any atom is 0.138 e. The van der Waals surface area contributed by atoms with Crippen LogP contribution in [0.25, 0.3) is 22.4 Å². The number of halogens is 1. The highest BCUT2D eigenvalue weighted by Gasteiger charge is 2.10. The van der Waals surface area contributed by atoms with Crippen LogP contribution in [0.2, 0.25) is 0 Å². The number of hydrogen-bond acceptors (Lipinski definition) is 3. The smallest absolute Gasteiger partial charge is 0.138 e. The van der Waals surface area contributed by atoms with Gasteiger partial charge in [-0.1, -0.05) is 28.1 Å². The average Bonchev–Trinajstić information content (AvgIpc) is 2.82. The van der Waals surface area contributed by atoms with Crippen LogP contribution in [0.15, 0.2) is 40.9 Å². The summed E-state index contributed by atoms with van der Waals surface area (Å²) in [5.74, 6) is 1.61. The molecule has 5 heteroatoms. The van der Waals surface area contributed by atoms with E-state index in [1.54, 1.807) is 0 Å². The molecule has 21 heavy (non-hydrogen) atoms. The van der Waals surface area contributed by atoms with Gasteiger partial charge in [-0.2, -0.15) is 0 Å². The fourth-order valence-electron chi connectivity index (χ4n) is 2.23. The van der Waals surface area contributed by atoms with Crippen LogP contribution >= 0.6 is 15.9 Å². The topological polar surface area (TPSA) is 63.9 Å². The summed E-state index contributed by atoms with van der Waals surface area (Å²) in [4.78, 5) is 7.88. The van der Waals surface area contributed by atoms with E-state index in [0.29, 0.717) is 5.69 Å². The fraction of sp³-hybridized carbons (Fsp3) is 0.188. The molecular formula is C16H16BrN3O. The van der Waals surface area contributed by atoms with E-state index in [0.717, 1.165) is 32.6 Å². The van der Waals surface area contributed by atoms with Crippen LogP contribution in [0.3, 0.4) is 0 Å². The molecule has 4 nitrogen and oxygen atoms in total. The standard InChI is InChI=1S/C16H16BrN3O/c1-9(2)21-12-5-3-4-10(6-12)16-19-14-8-11(17)7-13(18)15(14)20-16/h3-9H,18H2,1-2H3,(H,19,20). The van der Waals surface area contributed by atoms with Crippen molar-refractivity contribution >= 4 is 32.7 Å². The first-order valence-corrected chi connectivity index (χ1v) is 7.54. The lowest BCUT2D eigenvalue weighted by Gasteiger charge is -2.10. The van der Waals surface area contributed by atoms with E-state index >= 15 is 0 Å². The molecule has 0 saturated carbocycles. The quantitative estimate of drug-likeness (QED) is 0.693. The molecular weight excluding hydrogens is 330 g/mol. The van der Waals surface area contributed by atoms with Crippen LogP contribution in [0.4, 0.5) is 5.69 Å². The number of ether oxygens (including phenoxy) is 1. The van der Waals surface area contributed by atoms with E-state index in [1.807, 2.05) is 50.2 Å². The number of H-pyrrole nitrogens is 1. The van der Waals surface area contributed by atoms with Crippen LogP contribution in [0, 0.1) is 0 Å². The third-order valence-electron chi connectivity index (χ3n) is 3.06. The van der Waals surface area contributed by atoms with Crippen LogP contribution in [-0.4, -0.2) is 16.1 Å². The van der Waals surface area contributed by atoms with Crippen molar-refractivity contribution in [2.75, 3.05) is 5.73 Å². The summed E-state index contributed by atoms with van der Waals surface area (Å²) in [6, 6.07) is 11.7. The Hall–Kier alpha value is -2.01. The third kappa shape index (κ3) is 2.88. The van der Waals surface area contributed by atoms with E-state index in [9.17, 15) is 0 Å². The monoisotopic (exact) mass is 345 g/mol. The Balaban J connectivity index is 2.06. The minimum absolute atomic E-state index is 0.141. The summed E-state index contributed by atoms with van der Waals surface area (Å²) in [5.41, 5.74) is 9.32. The maximum absolute atomic E-state index is 6.01. The lowest BCUT2D eigenvalue weighted by atomic mass is 10.2. The number of aromatic nitrogens is 2. The molecule has 2 aromatic carbocycles. The molecule has 3 N–H and O–H groups in total. The van der Waals surface area contributed by atoms with Crippen LogP contribution in [0.1, 0.15) is 13.8 Å². The van der Waals surface area contributed by atoms with E-state index in [1.165, 1.54) is 0 Å². The number of nitrogens with two attached hydrogens (primary N) is 1. The Morgan fingerprint density at radius 1 is 1.24 bits per heavy atom. The molecule has 0 unspecified atom stereocenters. The van der Waals surface area contributed by atoms with E-state index in [4.69, 9.17) is 10.5 Å². The van der Waals surface area contributed by atoms with Gasteiger partial charge in [0.2, 0.25) is 0 Å². The predicted molar refractivity (Wildman–Crippen MR) is 89.4 cm³/mol. The summed E-state index contributed by atoms with van der Waals surface area (Å²) in [5, 5.41) is 0. The van der Waals surface area contributed by atoms with Crippen molar-refractivity contribution < 1.29 is 4.74 Å². The van der Waals surface area contributed by atoms with Gasteiger partial charge in [-0.05, 0) is 38.1 Å². The molecule has 0 bridgehead atoms. The lowest BCUT2D eigenvalue weighted by molar-refractivity contribution is 0.242. The highest BCUT2D eigenvalue weighted by molar-refractivity contribution is 9.10. The number of hydrogen-bond donors (Lipinski definition) is 2. The zero-order valence-corrected chi connectivity index (χ0v) is 13.4. The van der Waals surface area contributed by atoms with Crippen molar-refractivity contribution in [3.8, 4) is 17.1 Å². The molecule has 0 atom stereocenters. The highest BCUT2D eigenvalue weighted by Crippen LogP contribution is 2.29. The minimum Gasteiger partial charge on any atom is -0.491 e. The highest BCUT2D eigenvalue weighted by atomic mass is 79.9. The van der Waals surface area contributed by atoms with Crippen molar-refractivity contribution in [3.63, 3.8) is 0 Å². The van der Waals surface area contributed by atoms with Gasteiger partial charge in [0.25, 0.3) is 0 Å². The first-order chi connectivity index (χ1) is 10.0. The Labute approximate surface area is 131 Å². The Morgan fingerprint density at radius 3 is 2.81 bits per heavy atom. The van der Waals surface area contributed by atoms with Crippen LogP contribution in [0.5, 0.6) is 5.75 Å². The van der Waals surface area contributed by atoms with Gasteiger partial charge in [-0.15, -0.1) is 0 Å². The first kappa shape index (κ1) is 13.9. The van der Waals surface area contributed by atoms with Crippen molar-refractivity contribution in [2.24, 2.45) is 0 Å². The molecule has 0 aliphatic rings. The van der Waals surface area contributed by atoms with Gasteiger partial charge >= 0.3 is 0 Å². The third-order valence-corrected chi connectivity index (χ3v) is 3.52. The molecule has 0 saturated heterocycles. The molecule has 1 heterocycles. The van der Waals surface area contributed by atoms with Gasteiger partial charge in [0.05, 0.1) is 17.3 Å². The van der Waals surface area contributed by atoms with Gasteiger partial charge in [0.1, 0.15) is 17.1 Å². The summed E-state index contributed by atoms with van der Waals surface area (Å²) < 4.78 is 6.65. The predicted octanol–water partition coefficient (Wildman–Crippen LogP) is 4.36. The van der Waals surface area contributed by atoms with E-state index in [-0.39, 0.29) is 6.10 Å². The minimum atomic E-state index is 0.141. The number of anilines is 1. The maximum atomic E-state index is 6.01. The van der Waals surface area contributed by atoms with Crippen molar-refractivity contribution in [3.05, 3.63) is 40.9 Å². The Bertz CT molecular complexity index is 795. The normalized spacial score (nSPS) is 11.2. The molecule has 0 amide bonds. The first-order valence-electron chi connectivity index (χ1n) is 6.75. The van der Waals surface area contributed by atoms with Crippen LogP contribution in [-0.2, 0) is 0 Å². The summed E-state index contributed by atoms with van der Waals surface area (Å²) in [6.45, 7) is 4.01. The number of benzene rings is 2. The zero-order valence-electron chi connectivity index (χ0n) is 11.9. The SMILES string of the molecule is CC(C)Oc1cccc(-c2nc3c(N)cc(Br)cc3[nH]2)c1. The molecule has 0 fully saturated rings. The second kappa shape index (κ2) is 5.41. The fourth-order valence-corrected chi connectivity index (χ4v) is 2.71. The number of fused-ring (bicyclic) bond motifs is 1. The van der Waals surface area contributed by atoms with Gasteiger partial charge in [-0.3, -0.25) is 0 Å². The van der Waals surface area contributed by atoms with Crippen LogP contribution < -0.4 is 10.5 Å². The number of nitrogens with zero attached hydrogens (tertiary/aromatic N) is 1. The Kier molecular flexibility index (Phi) is 3.59. The number of aromatic amines is 1. The van der Waals surface area contributed by atoms with Crippen molar-refractivity contribution in [1.29, 1.82) is 0 Å². The molecule has 0 aliphatic carbocycles. The number of imidazole rings is 1. The van der Waals surface area contributed by atoms with Gasteiger partial charge < -0.3 is 15.5 Å². The number of nitrogens with one attached hydrogen (secondary N) is 1. The second-order valence-electron chi connectivity index (χ2n) is 5.17. The zero-order chi connectivity index (χ0) is 15.0. The van der Waals surface area contributed by atoms with Gasteiger partial charge in [0, 0.05) is 10.0 Å². The molecule has 3 aromatic rings. The molecule has 3 rings (SSSR count). The van der Waals surface area contributed by atoms with Crippen molar-refractivity contribution in [2.45, 2.75) is 20.0 Å². The average molecular weight is 346 g/mol. The number of nitrogen functional groups attached to an aromatic ring is 1. The summed E-state index contributed by atoms with van der Waals surface area (Å²) in [7, 11) is 0. The number of rotatable bonds is 3. The van der Waals surface area contributed by atoms with Crippen molar-refractivity contribution in [1.82, 2.24) is 9.97 Å². The lowest BCUT2D eigenvalue weighted by Crippen LogP contribution is -2.05. The Morgan fingerprint density at radius 2 is 2.05 bits per heavy atom. The van der Waals surface area contributed by atoms with Gasteiger partial charge in [-0.25, -0.2) is 4.98 Å². The molecule has 1 aromatic heterocycles. The second-order valence-corrected chi connectivity index (χ2v) is 6.09. The largest absolute Gasteiger partial charge is 0.491 e. The van der Waals surface area contributed by atoms with Gasteiger partial charge in [0.15, 0.2) is 0 Å². The molecule has 108 valence electrons.